The van der Waals surface area contributed by atoms with E-state index in [1.54, 1.807) is 0 Å². The quantitative estimate of drug-likeness (QED) is 0.235. The van der Waals surface area contributed by atoms with Gasteiger partial charge in [0.15, 0.2) is 0 Å². The lowest BCUT2D eigenvalue weighted by atomic mass is 9.88. The molecule has 0 radical (unpaired) electrons. The van der Waals surface area contributed by atoms with Gasteiger partial charge in [-0.3, -0.25) is 0 Å². The highest BCUT2D eigenvalue weighted by atomic mass is 32.1. The molecule has 0 aliphatic rings. The molecule has 0 unspecified atom stereocenters. The third-order valence-electron chi connectivity index (χ3n) is 6.37. The molecule has 6 rings (SSSR count). The highest BCUT2D eigenvalue weighted by molar-refractivity contribution is 7.21. The number of fused-ring (bicyclic) bond motifs is 1. The molecule has 0 N–H and O–H groups in total. The van der Waals surface area contributed by atoms with Crippen LogP contribution in [0, 0.1) is 0 Å². The van der Waals surface area contributed by atoms with Gasteiger partial charge in [-0.1, -0.05) is 114 Å². The largest absolute Gasteiger partial charge is 0.271 e. The Bertz CT molecular complexity index is 1520. The first kappa shape index (κ1) is 20.6. The fraction of sp³-hybridized carbons (Fsp3) is 0.0312. The van der Waals surface area contributed by atoms with Gasteiger partial charge in [0.1, 0.15) is 11.7 Å². The van der Waals surface area contributed by atoms with Crippen LogP contribution in [0.4, 0.5) is 0 Å². The van der Waals surface area contributed by atoms with Crippen LogP contribution in [0.5, 0.6) is 0 Å². The molecule has 0 atom stereocenters. The van der Waals surface area contributed by atoms with Crippen molar-refractivity contribution in [3.63, 3.8) is 0 Å². The van der Waals surface area contributed by atoms with Gasteiger partial charge in [-0.05, 0) is 51.6 Å². The molecule has 0 aliphatic carbocycles. The number of hydrogen-bond acceptors (Lipinski definition) is 1. The summed E-state index contributed by atoms with van der Waals surface area (Å²) >= 11 is 1.86. The lowest BCUT2D eigenvalue weighted by Gasteiger charge is -2.16. The number of hydrogen-bond donors (Lipinski definition) is 0. The van der Waals surface area contributed by atoms with E-state index in [9.17, 15) is 0 Å². The van der Waals surface area contributed by atoms with E-state index in [0.717, 1.165) is 0 Å². The normalized spacial score (nSPS) is 11.1. The van der Waals surface area contributed by atoms with Crippen LogP contribution in [0.1, 0.15) is 0 Å². The van der Waals surface area contributed by atoms with E-state index in [1.165, 1.54) is 54.2 Å². The molecule has 1 aromatic heterocycles. The number of rotatable bonds is 4. The van der Waals surface area contributed by atoms with Crippen LogP contribution in [0.15, 0.2) is 127 Å². The Morgan fingerprint density at radius 3 is 1.50 bits per heavy atom. The van der Waals surface area contributed by atoms with E-state index >= 15 is 0 Å². The summed E-state index contributed by atoms with van der Waals surface area (Å²) in [4.78, 5) is 0. The first-order valence-corrected chi connectivity index (χ1v) is 12.3. The van der Waals surface area contributed by atoms with Crippen LogP contribution in [-0.2, 0) is 7.05 Å². The van der Waals surface area contributed by atoms with Gasteiger partial charge in [-0.15, -0.1) is 0 Å². The van der Waals surface area contributed by atoms with Crippen molar-refractivity contribution in [2.45, 2.75) is 0 Å². The second kappa shape index (κ2) is 8.74. The van der Waals surface area contributed by atoms with E-state index in [4.69, 9.17) is 0 Å². The van der Waals surface area contributed by atoms with Crippen LogP contribution in [0.3, 0.4) is 0 Å². The number of para-hydroxylation sites is 1. The second-order valence-electron chi connectivity index (χ2n) is 8.48. The summed E-state index contributed by atoms with van der Waals surface area (Å²) in [5.41, 5.74) is 9.95. The lowest BCUT2D eigenvalue weighted by molar-refractivity contribution is -0.629. The zero-order valence-electron chi connectivity index (χ0n) is 19.0. The summed E-state index contributed by atoms with van der Waals surface area (Å²) in [5.74, 6) is 0. The topological polar surface area (TPSA) is 3.88 Å². The van der Waals surface area contributed by atoms with Crippen molar-refractivity contribution in [3.8, 4) is 44.0 Å². The smallest absolute Gasteiger partial charge is 0.184 e. The average molecular weight is 455 g/mol. The third kappa shape index (κ3) is 3.63. The minimum atomic E-state index is 1.23. The average Bonchev–Trinajstić information content (AvgIpc) is 3.25. The zero-order valence-corrected chi connectivity index (χ0v) is 19.8. The number of thiazole rings is 1. The van der Waals surface area contributed by atoms with Gasteiger partial charge >= 0.3 is 0 Å². The first-order chi connectivity index (χ1) is 16.8. The molecule has 34 heavy (non-hydrogen) atoms. The highest BCUT2D eigenvalue weighted by Crippen LogP contribution is 2.44. The van der Waals surface area contributed by atoms with E-state index in [1.807, 2.05) is 11.3 Å². The maximum atomic E-state index is 2.36. The summed E-state index contributed by atoms with van der Waals surface area (Å²) in [6, 6.07) is 45.6. The van der Waals surface area contributed by atoms with Crippen molar-refractivity contribution in [1.29, 1.82) is 0 Å². The minimum Gasteiger partial charge on any atom is -0.184 e. The SMILES string of the molecule is C[n+]1c(-c2c(-c3ccccc3)cc(-c3ccccc3)cc2-c2ccccc2)sc2ccccc21. The number of benzene rings is 5. The molecular formula is C32H24NS+. The molecule has 1 heterocycles. The van der Waals surface area contributed by atoms with Crippen LogP contribution >= 0.6 is 11.3 Å². The Morgan fingerprint density at radius 2 is 0.971 bits per heavy atom. The standard InChI is InChI=1S/C32H24NS/c1-33-29-19-11-12-20-30(29)34-32(33)31-27(24-15-7-3-8-16-24)21-26(23-13-5-2-6-14-23)22-28(31)25-17-9-4-10-18-25/h2-22H,1H3/q+1. The van der Waals surface area contributed by atoms with Gasteiger partial charge < -0.3 is 0 Å². The van der Waals surface area contributed by atoms with Crippen molar-refractivity contribution in [2.75, 3.05) is 0 Å². The van der Waals surface area contributed by atoms with Crippen LogP contribution < -0.4 is 4.57 Å². The van der Waals surface area contributed by atoms with Crippen LogP contribution in [0.2, 0.25) is 0 Å². The Balaban J connectivity index is 1.74. The summed E-state index contributed by atoms with van der Waals surface area (Å²) in [5, 5.41) is 1.26. The Labute approximate surface area is 204 Å². The summed E-state index contributed by atoms with van der Waals surface area (Å²) in [6.07, 6.45) is 0. The number of nitrogens with zero attached hydrogens (tertiary/aromatic N) is 1. The minimum absolute atomic E-state index is 1.23. The van der Waals surface area contributed by atoms with E-state index in [-0.39, 0.29) is 0 Å². The fourth-order valence-electron chi connectivity index (χ4n) is 4.68. The van der Waals surface area contributed by atoms with Crippen molar-refractivity contribution in [1.82, 2.24) is 0 Å². The molecule has 1 nitrogen and oxygen atoms in total. The highest BCUT2D eigenvalue weighted by Gasteiger charge is 2.26. The van der Waals surface area contributed by atoms with Gasteiger partial charge in [-0.25, -0.2) is 0 Å². The predicted molar refractivity (Wildman–Crippen MR) is 145 cm³/mol. The van der Waals surface area contributed by atoms with Gasteiger partial charge in [0.2, 0.25) is 5.52 Å². The van der Waals surface area contributed by atoms with E-state index in [2.05, 4.69) is 139 Å². The van der Waals surface area contributed by atoms with Gasteiger partial charge in [0, 0.05) is 6.07 Å². The van der Waals surface area contributed by atoms with Crippen molar-refractivity contribution >= 4 is 21.6 Å². The fourth-order valence-corrected chi connectivity index (χ4v) is 5.90. The van der Waals surface area contributed by atoms with Crippen LogP contribution in [-0.4, -0.2) is 0 Å². The summed E-state index contributed by atoms with van der Waals surface area (Å²) in [6.45, 7) is 0. The molecule has 0 fully saturated rings. The van der Waals surface area contributed by atoms with Crippen molar-refractivity contribution in [3.05, 3.63) is 127 Å². The molecule has 2 heteroatoms. The molecule has 0 aliphatic heterocycles. The number of aromatic nitrogens is 1. The van der Waals surface area contributed by atoms with Crippen molar-refractivity contribution in [2.24, 2.45) is 7.05 Å². The van der Waals surface area contributed by atoms with Gasteiger partial charge in [0.25, 0.3) is 5.01 Å². The molecule has 0 saturated carbocycles. The maximum Gasteiger partial charge on any atom is 0.271 e. The molecule has 0 saturated heterocycles. The predicted octanol–water partition coefficient (Wildman–Crippen LogP) is 8.39. The number of aryl methyl sites for hydroxylation is 1. The molecule has 0 spiro atoms. The molecule has 162 valence electrons. The zero-order chi connectivity index (χ0) is 22.9. The molecule has 0 amide bonds. The van der Waals surface area contributed by atoms with E-state index in [0.29, 0.717) is 0 Å². The molecule has 6 aromatic rings. The Hall–Kier alpha value is -4.01. The second-order valence-corrected chi connectivity index (χ2v) is 9.51. The summed E-state index contributed by atoms with van der Waals surface area (Å²) in [7, 11) is 2.18. The maximum absolute atomic E-state index is 2.36. The summed E-state index contributed by atoms with van der Waals surface area (Å²) < 4.78 is 3.64. The van der Waals surface area contributed by atoms with Crippen LogP contribution in [0.25, 0.3) is 54.2 Å². The molecule has 0 bridgehead atoms. The first-order valence-electron chi connectivity index (χ1n) is 11.5. The molecule has 5 aromatic carbocycles. The lowest BCUT2D eigenvalue weighted by Crippen LogP contribution is -2.28. The van der Waals surface area contributed by atoms with Gasteiger partial charge in [0.05, 0.1) is 5.56 Å². The van der Waals surface area contributed by atoms with Crippen molar-refractivity contribution < 1.29 is 4.57 Å². The Kier molecular flexibility index (Phi) is 5.29. The Morgan fingerprint density at radius 1 is 0.500 bits per heavy atom. The van der Waals surface area contributed by atoms with E-state index < -0.39 is 0 Å². The van der Waals surface area contributed by atoms with Gasteiger partial charge in [-0.2, -0.15) is 4.57 Å². The molecular weight excluding hydrogens is 430 g/mol. The monoisotopic (exact) mass is 454 g/mol. The third-order valence-corrected chi connectivity index (χ3v) is 7.60.